The van der Waals surface area contributed by atoms with E-state index in [9.17, 15) is 5.11 Å². The molecule has 0 bridgehead atoms. The van der Waals surface area contributed by atoms with Gasteiger partial charge in [0.25, 0.3) is 0 Å². The van der Waals surface area contributed by atoms with Gasteiger partial charge >= 0.3 is 6.01 Å². The number of hydrogen-bond acceptors (Lipinski definition) is 9. The first-order valence-corrected chi connectivity index (χ1v) is 14.7. The van der Waals surface area contributed by atoms with Crippen LogP contribution in [0.5, 0.6) is 11.9 Å². The first-order chi connectivity index (χ1) is 19.5. The number of β-amino-alcohol motifs (C(OH)–C–C–N with tert-alkyl or cyclic N) is 1. The normalized spacial score (nSPS) is 22.1. The van der Waals surface area contributed by atoms with Gasteiger partial charge in [0.2, 0.25) is 5.88 Å². The zero-order valence-corrected chi connectivity index (χ0v) is 23.5. The van der Waals surface area contributed by atoms with Crippen LogP contribution in [0.15, 0.2) is 18.2 Å². The number of aromatic nitrogens is 3. The van der Waals surface area contributed by atoms with E-state index in [0.29, 0.717) is 34.1 Å². The molecule has 1 unspecified atom stereocenters. The lowest BCUT2D eigenvalue weighted by atomic mass is 9.95. The number of methoxy groups -OCH3 is 1. The van der Waals surface area contributed by atoms with Crippen molar-refractivity contribution in [3.05, 3.63) is 34.6 Å². The number of nitrogens with zero attached hydrogens (tertiary/aromatic N) is 6. The smallest absolute Gasteiger partial charge is 0.319 e. The number of aliphatic hydroxyl groups excluding tert-OH is 1. The van der Waals surface area contributed by atoms with Crippen LogP contribution in [-0.4, -0.2) is 76.9 Å². The molecule has 212 valence electrons. The van der Waals surface area contributed by atoms with Crippen molar-refractivity contribution in [1.29, 1.82) is 0 Å². The predicted octanol–water partition coefficient (Wildman–Crippen LogP) is 5.01. The molecule has 0 spiro atoms. The molecular formula is C29H34ClFN6O3. The van der Waals surface area contributed by atoms with E-state index in [1.807, 2.05) is 0 Å². The van der Waals surface area contributed by atoms with Crippen molar-refractivity contribution in [2.45, 2.75) is 56.6 Å². The molecule has 3 aromatic rings. The zero-order chi connectivity index (χ0) is 27.4. The third-order valence-corrected chi connectivity index (χ3v) is 9.39. The summed E-state index contributed by atoms with van der Waals surface area (Å²) in [7, 11) is 1.52. The lowest BCUT2D eigenvalue weighted by Gasteiger charge is -2.32. The van der Waals surface area contributed by atoms with Gasteiger partial charge in [0.15, 0.2) is 11.6 Å². The molecule has 4 aliphatic heterocycles. The molecular weight excluding hydrogens is 535 g/mol. The summed E-state index contributed by atoms with van der Waals surface area (Å²) >= 11 is 6.53. The Kier molecular flexibility index (Phi) is 6.59. The molecule has 2 aromatic heterocycles. The molecule has 11 heteroatoms. The molecule has 6 heterocycles. The number of hydrogen-bond donors (Lipinski definition) is 1. The molecule has 1 N–H and O–H groups in total. The molecule has 40 heavy (non-hydrogen) atoms. The highest BCUT2D eigenvalue weighted by Gasteiger charge is 2.45. The highest BCUT2D eigenvalue weighted by Crippen LogP contribution is 2.47. The summed E-state index contributed by atoms with van der Waals surface area (Å²) in [6.07, 6.45) is 6.87. The van der Waals surface area contributed by atoms with E-state index in [-0.39, 0.29) is 35.3 Å². The molecule has 0 saturated carbocycles. The van der Waals surface area contributed by atoms with E-state index in [1.54, 1.807) is 23.1 Å². The Bertz CT molecular complexity index is 1440. The number of para-hydroxylation sites is 1. The van der Waals surface area contributed by atoms with Crippen molar-refractivity contribution in [3.8, 4) is 11.9 Å². The van der Waals surface area contributed by atoms with Gasteiger partial charge in [-0.15, -0.1) is 0 Å². The minimum absolute atomic E-state index is 0.000786. The fourth-order valence-corrected chi connectivity index (χ4v) is 7.40. The Morgan fingerprint density at radius 1 is 1.02 bits per heavy atom. The monoisotopic (exact) mass is 568 g/mol. The van der Waals surface area contributed by atoms with Crippen molar-refractivity contribution < 1.29 is 19.0 Å². The molecule has 1 atom stereocenters. The maximum Gasteiger partial charge on any atom is 0.319 e. The molecule has 7 rings (SSSR count). The van der Waals surface area contributed by atoms with Gasteiger partial charge in [-0.2, -0.15) is 15.0 Å². The minimum Gasteiger partial charge on any atom is -0.480 e. The number of aliphatic hydroxyl groups is 1. The molecule has 0 amide bonds. The van der Waals surface area contributed by atoms with Crippen LogP contribution < -0.4 is 19.3 Å². The molecule has 3 saturated heterocycles. The lowest BCUT2D eigenvalue weighted by molar-refractivity contribution is 0.108. The molecule has 4 aliphatic rings. The van der Waals surface area contributed by atoms with Crippen LogP contribution in [-0.2, 0) is 0 Å². The maximum absolute atomic E-state index is 16.6. The predicted molar refractivity (Wildman–Crippen MR) is 152 cm³/mol. The summed E-state index contributed by atoms with van der Waals surface area (Å²) < 4.78 is 28.7. The van der Waals surface area contributed by atoms with Crippen LogP contribution in [0, 0.1) is 5.82 Å². The Balaban J connectivity index is 1.36. The number of piperidine rings is 1. The van der Waals surface area contributed by atoms with Crippen LogP contribution in [0.4, 0.5) is 21.7 Å². The first-order valence-electron chi connectivity index (χ1n) is 14.3. The zero-order valence-electron chi connectivity index (χ0n) is 22.7. The summed E-state index contributed by atoms with van der Waals surface area (Å²) in [6, 6.07) is 5.45. The largest absolute Gasteiger partial charge is 0.480 e. The van der Waals surface area contributed by atoms with Crippen molar-refractivity contribution >= 4 is 39.8 Å². The Labute approximate surface area is 237 Å². The van der Waals surface area contributed by atoms with Gasteiger partial charge in [0, 0.05) is 18.7 Å². The number of pyridine rings is 1. The number of benzene rings is 1. The number of ether oxygens (including phenoxy) is 2. The molecule has 1 aromatic carbocycles. The van der Waals surface area contributed by atoms with Crippen LogP contribution in [0.3, 0.4) is 0 Å². The molecule has 0 aliphatic carbocycles. The quantitative estimate of drug-likeness (QED) is 0.441. The second-order valence-electron chi connectivity index (χ2n) is 11.4. The topological polar surface area (TPSA) is 87.1 Å². The van der Waals surface area contributed by atoms with Crippen LogP contribution in [0.2, 0.25) is 5.02 Å². The van der Waals surface area contributed by atoms with Gasteiger partial charge in [0.1, 0.15) is 23.3 Å². The standard InChI is InChI=1S/C29H34ClFN6O3/c1-39-27-21-23(22(31)26(33-27)37-16-20(38)18-8-5-9-19(30)24(18)37)32-28(34-25(21)35-12-3-2-4-13-35)40-17-29-10-6-14-36(29)15-7-11-29/h5,8-9,20,38H,2-4,6-7,10-17H2,1H3. The second kappa shape index (κ2) is 10.2. The van der Waals surface area contributed by atoms with E-state index < -0.39 is 11.9 Å². The maximum atomic E-state index is 16.6. The van der Waals surface area contributed by atoms with E-state index >= 15 is 4.39 Å². The van der Waals surface area contributed by atoms with Crippen LogP contribution in [0.1, 0.15) is 56.6 Å². The summed E-state index contributed by atoms with van der Waals surface area (Å²) in [5.74, 6) is 0.190. The Morgan fingerprint density at radius 2 is 1.80 bits per heavy atom. The van der Waals surface area contributed by atoms with Gasteiger partial charge in [-0.1, -0.05) is 23.7 Å². The molecule has 9 nitrogen and oxygen atoms in total. The van der Waals surface area contributed by atoms with E-state index in [0.717, 1.165) is 71.1 Å². The third-order valence-electron chi connectivity index (χ3n) is 9.08. The van der Waals surface area contributed by atoms with Crippen molar-refractivity contribution in [1.82, 2.24) is 19.9 Å². The highest BCUT2D eigenvalue weighted by molar-refractivity contribution is 6.33. The lowest BCUT2D eigenvalue weighted by Crippen LogP contribution is -2.43. The Morgan fingerprint density at radius 3 is 2.55 bits per heavy atom. The highest BCUT2D eigenvalue weighted by atomic mass is 35.5. The van der Waals surface area contributed by atoms with Gasteiger partial charge < -0.3 is 24.4 Å². The van der Waals surface area contributed by atoms with Gasteiger partial charge in [-0.05, 0) is 64.1 Å². The molecule has 3 fully saturated rings. The van der Waals surface area contributed by atoms with E-state index in [4.69, 9.17) is 26.1 Å². The average molecular weight is 569 g/mol. The number of rotatable bonds is 6. The number of fused-ring (bicyclic) bond motifs is 3. The van der Waals surface area contributed by atoms with Crippen molar-refractivity contribution in [2.24, 2.45) is 0 Å². The molecule has 0 radical (unpaired) electrons. The fraction of sp³-hybridized carbons (Fsp3) is 0.552. The van der Waals surface area contributed by atoms with Crippen LogP contribution in [0.25, 0.3) is 10.9 Å². The first kappa shape index (κ1) is 26.0. The van der Waals surface area contributed by atoms with Crippen molar-refractivity contribution in [2.75, 3.05) is 56.2 Å². The van der Waals surface area contributed by atoms with Crippen LogP contribution >= 0.6 is 11.6 Å². The SMILES string of the molecule is COc1nc(N2CC(O)c3cccc(Cl)c32)c(F)c2nc(OCC34CCCN3CCC4)nc(N3CCCCC3)c12. The number of anilines is 3. The Hall–Kier alpha value is -2.95. The van der Waals surface area contributed by atoms with Crippen molar-refractivity contribution in [3.63, 3.8) is 0 Å². The summed E-state index contributed by atoms with van der Waals surface area (Å²) in [5, 5.41) is 11.6. The van der Waals surface area contributed by atoms with E-state index in [1.165, 1.54) is 7.11 Å². The second-order valence-corrected chi connectivity index (χ2v) is 11.8. The summed E-state index contributed by atoms with van der Waals surface area (Å²) in [6.45, 7) is 4.38. The average Bonchev–Trinajstić information content (AvgIpc) is 3.66. The van der Waals surface area contributed by atoms with Gasteiger partial charge in [0.05, 0.1) is 36.0 Å². The summed E-state index contributed by atoms with van der Waals surface area (Å²) in [4.78, 5) is 20.4. The third kappa shape index (κ3) is 4.14. The van der Waals surface area contributed by atoms with Gasteiger partial charge in [-0.3, -0.25) is 4.90 Å². The van der Waals surface area contributed by atoms with Gasteiger partial charge in [-0.25, -0.2) is 4.39 Å². The van der Waals surface area contributed by atoms with E-state index in [2.05, 4.69) is 19.8 Å². The summed E-state index contributed by atoms with van der Waals surface area (Å²) in [5.41, 5.74) is 1.27. The number of halogens is 2. The minimum atomic E-state index is -0.829. The fourth-order valence-electron chi connectivity index (χ4n) is 7.12.